The molecule has 2 aromatic heterocycles. The van der Waals surface area contributed by atoms with Gasteiger partial charge in [-0.05, 0) is 0 Å². The Kier molecular flexibility index (Phi) is 3.89. The number of fused-ring (bicyclic) bond motifs is 1. The Morgan fingerprint density at radius 1 is 1.04 bits per heavy atom. The average Bonchev–Trinajstić information content (AvgIpc) is 2.60. The van der Waals surface area contributed by atoms with E-state index in [1.54, 1.807) is 30.3 Å². The van der Waals surface area contributed by atoms with Crippen molar-refractivity contribution in [1.82, 2.24) is 15.0 Å². The zero-order valence-corrected chi connectivity index (χ0v) is 12.2. The van der Waals surface area contributed by atoms with E-state index in [0.717, 1.165) is 0 Å². The Bertz CT molecular complexity index is 1010. The van der Waals surface area contributed by atoms with Crippen LogP contribution >= 0.6 is 0 Å². The lowest BCUT2D eigenvalue weighted by molar-refractivity contribution is 0.314. The zero-order valence-electron chi connectivity index (χ0n) is 12.2. The highest BCUT2D eigenvalue weighted by Gasteiger charge is 2.21. The Labute approximate surface area is 134 Å². The van der Waals surface area contributed by atoms with Gasteiger partial charge in [0, 0.05) is 17.8 Å². The SMILES string of the molecule is Nc1nc(C(=N\O)/C(=N/O)c2ccccc2)nc2[nH]ccc(=O)c12. The van der Waals surface area contributed by atoms with Crippen molar-refractivity contribution in [2.75, 3.05) is 5.73 Å². The van der Waals surface area contributed by atoms with Crippen molar-refractivity contribution in [1.29, 1.82) is 0 Å². The number of benzene rings is 1. The van der Waals surface area contributed by atoms with Crippen molar-refractivity contribution >= 4 is 28.3 Å². The first kappa shape index (κ1) is 15.2. The largest absolute Gasteiger partial charge is 0.410 e. The molecule has 3 rings (SSSR count). The third kappa shape index (κ3) is 2.54. The van der Waals surface area contributed by atoms with Crippen LogP contribution in [0.5, 0.6) is 0 Å². The Hall–Kier alpha value is -3.75. The maximum absolute atomic E-state index is 11.8. The number of hydrogen-bond acceptors (Lipinski definition) is 8. The average molecular weight is 324 g/mol. The fourth-order valence-electron chi connectivity index (χ4n) is 2.25. The Balaban J connectivity index is 2.19. The van der Waals surface area contributed by atoms with E-state index in [1.807, 2.05) is 0 Å². The van der Waals surface area contributed by atoms with Crippen molar-refractivity contribution in [3.63, 3.8) is 0 Å². The number of H-pyrrole nitrogens is 1. The third-order valence-electron chi connectivity index (χ3n) is 3.32. The summed E-state index contributed by atoms with van der Waals surface area (Å²) in [6.07, 6.45) is 1.41. The summed E-state index contributed by atoms with van der Waals surface area (Å²) in [6.45, 7) is 0. The van der Waals surface area contributed by atoms with E-state index in [9.17, 15) is 15.2 Å². The van der Waals surface area contributed by atoms with E-state index in [0.29, 0.717) is 5.56 Å². The molecule has 2 heterocycles. The second kappa shape index (κ2) is 6.16. The van der Waals surface area contributed by atoms with Gasteiger partial charge in [-0.25, -0.2) is 9.97 Å². The van der Waals surface area contributed by atoms with Gasteiger partial charge in [0.1, 0.15) is 22.6 Å². The van der Waals surface area contributed by atoms with Gasteiger partial charge in [-0.3, -0.25) is 4.79 Å². The van der Waals surface area contributed by atoms with Crippen LogP contribution in [0.15, 0.2) is 57.7 Å². The molecular formula is C15H12N6O3. The summed E-state index contributed by atoms with van der Waals surface area (Å²) in [5.74, 6) is -0.177. The topological polar surface area (TPSA) is 150 Å². The molecule has 24 heavy (non-hydrogen) atoms. The van der Waals surface area contributed by atoms with Gasteiger partial charge in [0.05, 0.1) is 0 Å². The molecule has 0 aliphatic rings. The fourth-order valence-corrected chi connectivity index (χ4v) is 2.25. The first-order valence-electron chi connectivity index (χ1n) is 6.81. The van der Waals surface area contributed by atoms with Crippen LogP contribution < -0.4 is 11.2 Å². The standard InChI is InChI=1S/C15H12N6O3/c16-13-10-9(22)6-7-17-14(10)19-15(18-13)12(21-24)11(20-23)8-4-2-1-3-5-8/h1-7,23-24H,(H3,16,17,18,19,22)/b20-11+,21-12-. The summed E-state index contributed by atoms with van der Waals surface area (Å²) in [5, 5.41) is 25.1. The van der Waals surface area contributed by atoms with Crippen molar-refractivity contribution in [2.45, 2.75) is 0 Å². The quantitative estimate of drug-likeness (QED) is 0.320. The molecular weight excluding hydrogens is 312 g/mol. The monoisotopic (exact) mass is 324 g/mol. The molecule has 120 valence electrons. The van der Waals surface area contributed by atoms with E-state index in [1.165, 1.54) is 12.3 Å². The van der Waals surface area contributed by atoms with Crippen molar-refractivity contribution in [2.24, 2.45) is 10.3 Å². The van der Waals surface area contributed by atoms with Gasteiger partial charge in [0.15, 0.2) is 17.0 Å². The number of pyridine rings is 1. The predicted molar refractivity (Wildman–Crippen MR) is 87.7 cm³/mol. The summed E-state index contributed by atoms with van der Waals surface area (Å²) in [5.41, 5.74) is 5.90. The number of nitrogen functional groups attached to an aromatic ring is 1. The highest BCUT2D eigenvalue weighted by Crippen LogP contribution is 2.14. The third-order valence-corrected chi connectivity index (χ3v) is 3.32. The molecule has 9 heteroatoms. The Morgan fingerprint density at radius 3 is 2.42 bits per heavy atom. The van der Waals surface area contributed by atoms with Gasteiger partial charge in [0.2, 0.25) is 0 Å². The minimum absolute atomic E-state index is 0.0462. The maximum Gasteiger partial charge on any atom is 0.194 e. The van der Waals surface area contributed by atoms with Crippen molar-refractivity contribution < 1.29 is 10.4 Å². The van der Waals surface area contributed by atoms with Crippen LogP contribution in [0.25, 0.3) is 11.0 Å². The summed E-state index contributed by atoms with van der Waals surface area (Å²) in [7, 11) is 0. The molecule has 0 saturated carbocycles. The molecule has 0 amide bonds. The van der Waals surface area contributed by atoms with E-state index in [2.05, 4.69) is 25.3 Å². The molecule has 0 radical (unpaired) electrons. The molecule has 0 fully saturated rings. The van der Waals surface area contributed by atoms with Crippen LogP contribution in [-0.4, -0.2) is 36.8 Å². The molecule has 0 saturated heterocycles. The van der Waals surface area contributed by atoms with Crippen LogP contribution in [0, 0.1) is 0 Å². The van der Waals surface area contributed by atoms with E-state index in [-0.39, 0.29) is 39.5 Å². The van der Waals surface area contributed by atoms with Gasteiger partial charge in [-0.2, -0.15) is 0 Å². The first-order chi connectivity index (χ1) is 11.7. The van der Waals surface area contributed by atoms with Gasteiger partial charge in [-0.15, -0.1) is 0 Å². The summed E-state index contributed by atoms with van der Waals surface area (Å²) >= 11 is 0. The summed E-state index contributed by atoms with van der Waals surface area (Å²) < 4.78 is 0. The van der Waals surface area contributed by atoms with E-state index < -0.39 is 0 Å². The van der Waals surface area contributed by atoms with Crippen LogP contribution in [0.4, 0.5) is 5.82 Å². The van der Waals surface area contributed by atoms with Crippen LogP contribution in [0.1, 0.15) is 11.4 Å². The highest BCUT2D eigenvalue weighted by atomic mass is 16.4. The van der Waals surface area contributed by atoms with Crippen molar-refractivity contribution in [3.05, 3.63) is 64.2 Å². The number of aromatic amines is 1. The Morgan fingerprint density at radius 2 is 1.75 bits per heavy atom. The van der Waals surface area contributed by atoms with Gasteiger partial charge < -0.3 is 21.1 Å². The molecule has 0 unspecified atom stereocenters. The highest BCUT2D eigenvalue weighted by molar-refractivity contribution is 6.52. The molecule has 0 spiro atoms. The number of anilines is 1. The molecule has 0 aliphatic heterocycles. The van der Waals surface area contributed by atoms with Crippen LogP contribution in [-0.2, 0) is 0 Å². The molecule has 5 N–H and O–H groups in total. The fraction of sp³-hybridized carbons (Fsp3) is 0. The number of hydrogen-bond donors (Lipinski definition) is 4. The number of nitrogens with two attached hydrogens (primary N) is 1. The van der Waals surface area contributed by atoms with Crippen molar-refractivity contribution in [3.8, 4) is 0 Å². The molecule has 0 atom stereocenters. The minimum Gasteiger partial charge on any atom is -0.410 e. The molecule has 3 aromatic rings. The molecule has 0 aliphatic carbocycles. The molecule has 0 bridgehead atoms. The van der Waals surface area contributed by atoms with Gasteiger partial charge >= 0.3 is 0 Å². The number of oxime groups is 2. The predicted octanol–water partition coefficient (Wildman–Crippen LogP) is 0.957. The van der Waals surface area contributed by atoms with Gasteiger partial charge in [-0.1, -0.05) is 40.6 Å². The first-order valence-corrected chi connectivity index (χ1v) is 6.81. The second-order valence-corrected chi connectivity index (χ2v) is 4.76. The number of rotatable bonds is 3. The lowest BCUT2D eigenvalue weighted by Crippen LogP contribution is -2.22. The van der Waals surface area contributed by atoms with E-state index >= 15 is 0 Å². The second-order valence-electron chi connectivity index (χ2n) is 4.76. The van der Waals surface area contributed by atoms with Crippen LogP contribution in [0.3, 0.4) is 0 Å². The smallest absolute Gasteiger partial charge is 0.194 e. The zero-order chi connectivity index (χ0) is 17.1. The normalized spacial score (nSPS) is 12.5. The van der Waals surface area contributed by atoms with Gasteiger partial charge in [0.25, 0.3) is 0 Å². The van der Waals surface area contributed by atoms with E-state index in [4.69, 9.17) is 5.73 Å². The lowest BCUT2D eigenvalue weighted by atomic mass is 10.1. The number of nitrogens with one attached hydrogen (secondary N) is 1. The number of nitrogens with zero attached hydrogens (tertiary/aromatic N) is 4. The van der Waals surface area contributed by atoms with Crippen LogP contribution in [0.2, 0.25) is 0 Å². The lowest BCUT2D eigenvalue weighted by Gasteiger charge is -2.08. The molecule has 1 aromatic carbocycles. The number of aromatic nitrogens is 3. The summed E-state index contributed by atoms with van der Waals surface area (Å²) in [6, 6.07) is 9.85. The molecule has 9 nitrogen and oxygen atoms in total. The summed E-state index contributed by atoms with van der Waals surface area (Å²) in [4.78, 5) is 22.7. The maximum atomic E-state index is 11.8. The minimum atomic E-state index is -0.339.